The molecular formula is C17H18ClN6O2S+. The molecular weight excluding hydrogens is 388 g/mol. The van der Waals surface area contributed by atoms with Crippen molar-refractivity contribution in [2.45, 2.75) is 6.67 Å². The number of hydrogen-bond donors (Lipinski definition) is 1. The van der Waals surface area contributed by atoms with Crippen molar-refractivity contribution >= 4 is 28.8 Å². The number of nitrogens with one attached hydrogen (secondary N) is 1. The number of tetrazole rings is 1. The van der Waals surface area contributed by atoms with Crippen LogP contribution >= 0.6 is 22.9 Å². The Labute approximate surface area is 164 Å². The molecule has 4 rings (SSSR count). The molecule has 3 heterocycles. The number of para-hydroxylation sites is 1. The first kappa shape index (κ1) is 17.9. The molecule has 0 unspecified atom stereocenters. The molecule has 1 aromatic carbocycles. The summed E-state index contributed by atoms with van der Waals surface area (Å²) in [6, 6.07) is 10.7. The Kier molecular flexibility index (Phi) is 5.06. The molecule has 1 amide bonds. The minimum atomic E-state index is -0.326. The summed E-state index contributed by atoms with van der Waals surface area (Å²) in [7, 11) is 0. The lowest BCUT2D eigenvalue weighted by Gasteiger charge is -2.31. The van der Waals surface area contributed by atoms with Gasteiger partial charge in [-0.2, -0.15) is 4.68 Å². The van der Waals surface area contributed by atoms with Gasteiger partial charge in [0.1, 0.15) is 0 Å². The number of carbonyl (C=O) groups is 1. The standard InChI is InChI=1S/C17H17ClN6O2S/c18-13-4-1-2-5-14(13)24-17(26)23(19-20-24)12-21-7-9-22(10-8-21)16(25)15-6-3-11-27-15/h1-6,11H,7-10,12H2/p+1. The lowest BCUT2D eigenvalue weighted by Crippen LogP contribution is -3.14. The molecule has 0 bridgehead atoms. The average Bonchev–Trinajstić information content (AvgIpc) is 3.34. The molecule has 1 N–H and O–H groups in total. The first-order valence-corrected chi connectivity index (χ1v) is 9.83. The Morgan fingerprint density at radius 2 is 1.93 bits per heavy atom. The number of aromatic nitrogens is 4. The van der Waals surface area contributed by atoms with Gasteiger partial charge < -0.3 is 9.80 Å². The number of halogens is 1. The van der Waals surface area contributed by atoms with E-state index in [-0.39, 0.29) is 11.6 Å². The topological polar surface area (TPSA) is 77.5 Å². The molecule has 1 aliphatic heterocycles. The zero-order valence-corrected chi connectivity index (χ0v) is 16.0. The summed E-state index contributed by atoms with van der Waals surface area (Å²) in [5.41, 5.74) is 0.185. The molecule has 1 aliphatic rings. The van der Waals surface area contributed by atoms with Crippen LogP contribution in [0.2, 0.25) is 5.02 Å². The molecule has 0 radical (unpaired) electrons. The third-order valence-electron chi connectivity index (χ3n) is 4.58. The molecule has 27 heavy (non-hydrogen) atoms. The smallest absolute Gasteiger partial charge is 0.327 e. The van der Waals surface area contributed by atoms with Crippen molar-refractivity contribution in [1.29, 1.82) is 0 Å². The highest BCUT2D eigenvalue weighted by Gasteiger charge is 2.26. The van der Waals surface area contributed by atoms with Gasteiger partial charge in [-0.05, 0) is 34.0 Å². The second-order valence-electron chi connectivity index (χ2n) is 6.30. The maximum absolute atomic E-state index is 12.6. The molecule has 8 nitrogen and oxygen atoms in total. The van der Waals surface area contributed by atoms with Crippen molar-refractivity contribution in [1.82, 2.24) is 24.7 Å². The fourth-order valence-corrected chi connectivity index (χ4v) is 4.01. The Hall–Kier alpha value is -2.49. The average molecular weight is 406 g/mol. The lowest BCUT2D eigenvalue weighted by molar-refractivity contribution is -0.927. The minimum Gasteiger partial charge on any atom is -0.327 e. The van der Waals surface area contributed by atoms with Gasteiger partial charge in [-0.3, -0.25) is 4.79 Å². The lowest BCUT2D eigenvalue weighted by atomic mass is 10.3. The van der Waals surface area contributed by atoms with E-state index in [1.165, 1.54) is 25.6 Å². The van der Waals surface area contributed by atoms with E-state index in [9.17, 15) is 9.59 Å². The zero-order chi connectivity index (χ0) is 18.8. The largest absolute Gasteiger partial charge is 0.373 e. The van der Waals surface area contributed by atoms with Gasteiger partial charge in [0.15, 0.2) is 6.67 Å². The monoisotopic (exact) mass is 405 g/mol. The molecule has 1 fully saturated rings. The fraction of sp³-hybridized carbons (Fsp3) is 0.294. The van der Waals surface area contributed by atoms with Crippen molar-refractivity contribution in [3.63, 3.8) is 0 Å². The number of piperazine rings is 1. The van der Waals surface area contributed by atoms with Gasteiger partial charge in [-0.15, -0.1) is 16.0 Å². The highest BCUT2D eigenvalue weighted by Crippen LogP contribution is 2.16. The second-order valence-corrected chi connectivity index (χ2v) is 7.66. The number of benzene rings is 1. The van der Waals surface area contributed by atoms with Crippen molar-refractivity contribution in [3.8, 4) is 5.69 Å². The van der Waals surface area contributed by atoms with Crippen LogP contribution in [0.15, 0.2) is 46.6 Å². The van der Waals surface area contributed by atoms with Gasteiger partial charge in [-0.1, -0.05) is 29.8 Å². The predicted molar refractivity (Wildman–Crippen MR) is 102 cm³/mol. The summed E-state index contributed by atoms with van der Waals surface area (Å²) < 4.78 is 2.55. The number of nitrogens with zero attached hydrogens (tertiary/aromatic N) is 5. The molecule has 0 atom stereocenters. The molecule has 1 saturated heterocycles. The van der Waals surface area contributed by atoms with Crippen molar-refractivity contribution in [3.05, 3.63) is 62.2 Å². The molecule has 0 aliphatic carbocycles. The first-order valence-electron chi connectivity index (χ1n) is 8.57. The van der Waals surface area contributed by atoms with E-state index in [1.54, 1.807) is 24.3 Å². The van der Waals surface area contributed by atoms with E-state index >= 15 is 0 Å². The van der Waals surface area contributed by atoms with Gasteiger partial charge in [0.2, 0.25) is 0 Å². The molecule has 0 saturated carbocycles. The van der Waals surface area contributed by atoms with Gasteiger partial charge in [0.05, 0.1) is 41.8 Å². The number of amides is 1. The van der Waals surface area contributed by atoms with E-state index in [0.717, 1.165) is 18.0 Å². The van der Waals surface area contributed by atoms with Gasteiger partial charge in [0, 0.05) is 0 Å². The maximum atomic E-state index is 12.6. The van der Waals surface area contributed by atoms with E-state index in [2.05, 4.69) is 10.4 Å². The van der Waals surface area contributed by atoms with Crippen molar-refractivity contribution in [2.24, 2.45) is 0 Å². The zero-order valence-electron chi connectivity index (χ0n) is 14.4. The quantitative estimate of drug-likeness (QED) is 0.670. The molecule has 2 aromatic heterocycles. The van der Waals surface area contributed by atoms with Crippen molar-refractivity contribution in [2.75, 3.05) is 26.2 Å². The van der Waals surface area contributed by atoms with Crippen LogP contribution < -0.4 is 10.6 Å². The number of quaternary nitrogens is 1. The van der Waals surface area contributed by atoms with E-state index < -0.39 is 0 Å². The Morgan fingerprint density at radius 1 is 1.15 bits per heavy atom. The van der Waals surface area contributed by atoms with Crippen LogP contribution in [0.4, 0.5) is 0 Å². The highest BCUT2D eigenvalue weighted by molar-refractivity contribution is 7.12. The Bertz CT molecular complexity index is 991. The maximum Gasteiger partial charge on any atom is 0.373 e. The van der Waals surface area contributed by atoms with Crippen LogP contribution in [0.5, 0.6) is 0 Å². The van der Waals surface area contributed by atoms with E-state index in [0.29, 0.717) is 30.5 Å². The van der Waals surface area contributed by atoms with E-state index in [4.69, 9.17) is 11.6 Å². The number of hydrogen-bond acceptors (Lipinski definition) is 5. The van der Waals surface area contributed by atoms with Crippen LogP contribution in [0, 0.1) is 0 Å². The Morgan fingerprint density at radius 3 is 2.63 bits per heavy atom. The van der Waals surface area contributed by atoms with Crippen LogP contribution in [-0.2, 0) is 6.67 Å². The highest BCUT2D eigenvalue weighted by atomic mass is 35.5. The molecule has 10 heteroatoms. The minimum absolute atomic E-state index is 0.0749. The summed E-state index contributed by atoms with van der Waals surface area (Å²) in [4.78, 5) is 28.8. The van der Waals surface area contributed by atoms with Crippen LogP contribution in [0.3, 0.4) is 0 Å². The Balaban J connectivity index is 1.41. The second kappa shape index (κ2) is 7.63. The van der Waals surface area contributed by atoms with Gasteiger partial charge in [-0.25, -0.2) is 4.79 Å². The number of carbonyl (C=O) groups excluding carboxylic acids is 1. The van der Waals surface area contributed by atoms with Gasteiger partial charge in [0.25, 0.3) is 5.91 Å². The van der Waals surface area contributed by atoms with Crippen molar-refractivity contribution < 1.29 is 9.69 Å². The SMILES string of the molecule is O=C(c1cccs1)N1CC[NH+](Cn2nnn(-c3ccccc3Cl)c2=O)CC1. The summed E-state index contributed by atoms with van der Waals surface area (Å²) in [5, 5.41) is 10.3. The van der Waals surface area contributed by atoms with Crippen LogP contribution in [0.25, 0.3) is 5.69 Å². The number of thiophene rings is 1. The summed E-state index contributed by atoms with van der Waals surface area (Å²) in [5.74, 6) is 0.0749. The predicted octanol–water partition coefficient (Wildman–Crippen LogP) is 0.142. The van der Waals surface area contributed by atoms with E-state index in [1.807, 2.05) is 22.4 Å². The fourth-order valence-electron chi connectivity index (χ4n) is 3.10. The normalized spacial score (nSPS) is 15.2. The van der Waals surface area contributed by atoms with Crippen LogP contribution in [-0.4, -0.2) is 56.8 Å². The first-order chi connectivity index (χ1) is 13.1. The molecule has 140 valence electrons. The molecule has 3 aromatic rings. The summed E-state index contributed by atoms with van der Waals surface area (Å²) in [6.45, 7) is 3.22. The van der Waals surface area contributed by atoms with Gasteiger partial charge >= 0.3 is 5.69 Å². The third-order valence-corrected chi connectivity index (χ3v) is 5.76. The van der Waals surface area contributed by atoms with Crippen LogP contribution in [0.1, 0.15) is 9.67 Å². The summed E-state index contributed by atoms with van der Waals surface area (Å²) in [6.07, 6.45) is 0. The third kappa shape index (κ3) is 3.66. The molecule has 0 spiro atoms. The summed E-state index contributed by atoms with van der Waals surface area (Å²) >= 11 is 7.60. The number of rotatable bonds is 4.